The molecule has 1 aromatic rings. The van der Waals surface area contributed by atoms with Gasteiger partial charge in [0.15, 0.2) is 0 Å². The van der Waals surface area contributed by atoms with Crippen LogP contribution in [0.1, 0.15) is 30.3 Å². The molecule has 0 saturated carbocycles. The van der Waals surface area contributed by atoms with Gasteiger partial charge in [0.05, 0.1) is 19.8 Å². The fourth-order valence-electron chi connectivity index (χ4n) is 3.06. The number of nitrogens with zero attached hydrogens (tertiary/aromatic N) is 3. The molecule has 0 aromatic carbocycles. The fourth-order valence-corrected chi connectivity index (χ4v) is 3.06. The van der Waals surface area contributed by atoms with Gasteiger partial charge in [0.25, 0.3) is 0 Å². The molecule has 0 N–H and O–H groups in total. The van der Waals surface area contributed by atoms with Gasteiger partial charge in [0.2, 0.25) is 0 Å². The molecule has 0 amide bonds. The minimum Gasteiger partial charge on any atom is -0.462 e. The Kier molecular flexibility index (Phi) is 15.9. The van der Waals surface area contributed by atoms with Crippen LogP contribution in [0.15, 0.2) is 63.3 Å². The summed E-state index contributed by atoms with van der Waals surface area (Å²) in [4.78, 5) is 71.3. The minimum atomic E-state index is -0.812. The van der Waals surface area contributed by atoms with E-state index < -0.39 is 42.1 Å². The predicted octanol–water partition coefficient (Wildman–Crippen LogP) is 1.66. The lowest BCUT2D eigenvalue weighted by Gasteiger charge is -2.19. The van der Waals surface area contributed by atoms with Crippen LogP contribution >= 0.6 is 0 Å². The third-order valence-electron chi connectivity index (χ3n) is 4.93. The van der Waals surface area contributed by atoms with Crippen LogP contribution in [0.4, 0.5) is 0 Å². The fraction of sp³-hybridized carbons (Fsp3) is 0.357. The number of hydrogen-bond donors (Lipinski definition) is 0. The van der Waals surface area contributed by atoms with E-state index in [1.165, 1.54) is 0 Å². The number of carbonyl (C=O) groups excluding carboxylic acids is 5. The van der Waals surface area contributed by atoms with Crippen molar-refractivity contribution in [2.45, 2.75) is 44.3 Å². The number of rotatable bonds is 20. The lowest BCUT2D eigenvalue weighted by atomic mass is 10.1. The molecule has 0 bridgehead atoms. The monoisotopic (exact) mass is 571 g/mol. The number of hydrogen-bond acceptors (Lipinski definition) is 13. The highest BCUT2D eigenvalue weighted by atomic mass is 16.6. The average Bonchev–Trinajstić information content (AvgIpc) is 2.96. The maximum atomic E-state index is 11.9. The second-order valence-electron chi connectivity index (χ2n) is 7.96. The summed E-state index contributed by atoms with van der Waals surface area (Å²) in [5.74, 6) is -2.69. The van der Waals surface area contributed by atoms with Gasteiger partial charge < -0.3 is 23.7 Å². The zero-order valence-corrected chi connectivity index (χ0v) is 22.7. The van der Waals surface area contributed by atoms with Crippen LogP contribution in [-0.4, -0.2) is 76.8 Å². The number of carbonyl (C=O) groups is 5. The smallest absolute Gasteiger partial charge is 0.330 e. The van der Waals surface area contributed by atoms with Crippen LogP contribution in [0, 0.1) is 0 Å². The quantitative estimate of drug-likeness (QED) is 0.126. The van der Waals surface area contributed by atoms with Gasteiger partial charge in [-0.15, -0.1) is 0 Å². The molecule has 0 aliphatic heterocycles. The van der Waals surface area contributed by atoms with E-state index in [1.807, 2.05) is 0 Å². The topological polar surface area (TPSA) is 170 Å². The Hall–Kier alpha value is -4.94. The first-order valence-electron chi connectivity index (χ1n) is 12.4. The molecule has 1 rings (SSSR count). The van der Waals surface area contributed by atoms with E-state index in [2.05, 4.69) is 47.8 Å². The molecule has 13 heteroatoms. The van der Waals surface area contributed by atoms with Crippen LogP contribution in [0.25, 0.3) is 0 Å². The molecule has 1 heterocycles. The van der Waals surface area contributed by atoms with E-state index >= 15 is 0 Å². The molecule has 0 aliphatic rings. The van der Waals surface area contributed by atoms with E-state index in [4.69, 9.17) is 23.7 Å². The lowest BCUT2D eigenvalue weighted by molar-refractivity contribution is -0.146. The molecule has 0 spiro atoms. The van der Waals surface area contributed by atoms with Gasteiger partial charge in [-0.2, -0.15) is 0 Å². The van der Waals surface area contributed by atoms with E-state index in [9.17, 15) is 24.0 Å². The van der Waals surface area contributed by atoms with Crippen LogP contribution < -0.4 is 0 Å². The van der Waals surface area contributed by atoms with Crippen molar-refractivity contribution in [2.75, 3.05) is 19.8 Å². The van der Waals surface area contributed by atoms with Crippen molar-refractivity contribution in [1.29, 1.82) is 0 Å². The summed E-state index contributed by atoms with van der Waals surface area (Å²) in [6, 6.07) is 0. The molecule has 41 heavy (non-hydrogen) atoms. The largest absolute Gasteiger partial charge is 0.462 e. The Morgan fingerprint density at radius 2 is 0.878 bits per heavy atom. The van der Waals surface area contributed by atoms with Gasteiger partial charge in [-0.3, -0.25) is 0 Å². The molecular weight excluding hydrogens is 538 g/mol. The summed E-state index contributed by atoms with van der Waals surface area (Å²) in [6.07, 6.45) is 3.68. The van der Waals surface area contributed by atoms with Gasteiger partial charge in [0.1, 0.15) is 29.7 Å². The molecule has 0 aliphatic carbocycles. The number of ether oxygens (including phenoxy) is 5. The molecule has 2 unspecified atom stereocenters. The van der Waals surface area contributed by atoms with Gasteiger partial charge in [-0.25, -0.2) is 38.9 Å². The summed E-state index contributed by atoms with van der Waals surface area (Å²) < 4.78 is 25.7. The van der Waals surface area contributed by atoms with Crippen molar-refractivity contribution in [3.8, 4) is 0 Å². The summed E-state index contributed by atoms with van der Waals surface area (Å²) in [5, 5.41) is 0. The number of esters is 5. The zero-order valence-electron chi connectivity index (χ0n) is 22.7. The SMILES string of the molecule is C=CC(=O)OCCc1nc(CC(CCOC(=O)C=C)OC(=O)C=C)nc(CC(CCOC(=O)C=C)OC(=O)C=C)n1. The summed E-state index contributed by atoms with van der Waals surface area (Å²) in [7, 11) is 0. The predicted molar refractivity (Wildman–Crippen MR) is 144 cm³/mol. The van der Waals surface area contributed by atoms with Crippen molar-refractivity contribution < 1.29 is 47.7 Å². The first-order chi connectivity index (χ1) is 19.6. The van der Waals surface area contributed by atoms with E-state index in [1.54, 1.807) is 0 Å². The highest BCUT2D eigenvalue weighted by Gasteiger charge is 2.21. The van der Waals surface area contributed by atoms with E-state index in [0.717, 1.165) is 30.4 Å². The number of aromatic nitrogens is 3. The molecular formula is C28H33N3O10. The van der Waals surface area contributed by atoms with Gasteiger partial charge in [-0.1, -0.05) is 32.9 Å². The Balaban J connectivity index is 3.25. The Morgan fingerprint density at radius 1 is 0.537 bits per heavy atom. The van der Waals surface area contributed by atoms with Crippen LogP contribution in [0.2, 0.25) is 0 Å². The molecule has 1 aromatic heterocycles. The molecule has 0 fully saturated rings. The molecule has 13 nitrogen and oxygen atoms in total. The van der Waals surface area contributed by atoms with Crippen molar-refractivity contribution >= 4 is 29.8 Å². The van der Waals surface area contributed by atoms with Crippen molar-refractivity contribution in [3.05, 3.63) is 80.7 Å². The average molecular weight is 572 g/mol. The molecule has 2 atom stereocenters. The second-order valence-corrected chi connectivity index (χ2v) is 7.96. The third kappa shape index (κ3) is 14.7. The van der Waals surface area contributed by atoms with Gasteiger partial charge >= 0.3 is 29.8 Å². The molecule has 220 valence electrons. The lowest BCUT2D eigenvalue weighted by Crippen LogP contribution is -2.26. The molecule has 0 radical (unpaired) electrons. The Labute approximate surface area is 237 Å². The van der Waals surface area contributed by atoms with Gasteiger partial charge in [0, 0.05) is 62.5 Å². The first-order valence-corrected chi connectivity index (χ1v) is 12.4. The van der Waals surface area contributed by atoms with Crippen molar-refractivity contribution in [2.24, 2.45) is 0 Å². The van der Waals surface area contributed by atoms with Crippen LogP contribution in [-0.2, 0) is 66.9 Å². The van der Waals surface area contributed by atoms with E-state index in [0.29, 0.717) is 0 Å². The summed E-state index contributed by atoms with van der Waals surface area (Å²) in [6.45, 7) is 16.5. The first kappa shape index (κ1) is 34.1. The Morgan fingerprint density at radius 3 is 1.24 bits per heavy atom. The van der Waals surface area contributed by atoms with Crippen LogP contribution in [0.3, 0.4) is 0 Å². The summed E-state index contributed by atoms with van der Waals surface area (Å²) >= 11 is 0. The third-order valence-corrected chi connectivity index (χ3v) is 4.93. The maximum Gasteiger partial charge on any atom is 0.330 e. The van der Waals surface area contributed by atoms with Gasteiger partial charge in [-0.05, 0) is 0 Å². The van der Waals surface area contributed by atoms with Crippen LogP contribution in [0.5, 0.6) is 0 Å². The highest BCUT2D eigenvalue weighted by Crippen LogP contribution is 2.12. The van der Waals surface area contributed by atoms with Crippen molar-refractivity contribution in [1.82, 2.24) is 15.0 Å². The standard InChI is InChI=1S/C28H33N3O10/c1-6-24(32)37-14-11-19(40-27(35)9-4)17-22-29-21(13-16-39-26(34)8-3)30-23(31-22)18-20(41-28(36)10-5)12-15-38-25(33)7-2/h6-10,19-20H,1-5,11-18H2. The maximum absolute atomic E-state index is 11.9. The zero-order chi connectivity index (χ0) is 30.6. The second kappa shape index (κ2) is 19.2. The normalized spacial score (nSPS) is 11.5. The Bertz CT molecular complexity index is 1080. The van der Waals surface area contributed by atoms with E-state index in [-0.39, 0.29) is 69.4 Å². The van der Waals surface area contributed by atoms with Crippen molar-refractivity contribution in [3.63, 3.8) is 0 Å². The minimum absolute atomic E-state index is 0.00571. The summed E-state index contributed by atoms with van der Waals surface area (Å²) in [5.41, 5.74) is 0. The highest BCUT2D eigenvalue weighted by molar-refractivity contribution is 5.82. The molecule has 0 saturated heterocycles.